The van der Waals surface area contributed by atoms with E-state index in [0.29, 0.717) is 12.2 Å². The largest absolute Gasteiger partial charge is 0.494 e. The number of ether oxygens (including phenoxy) is 1. The second-order valence-corrected chi connectivity index (χ2v) is 3.48. The number of aromatic nitrogens is 2. The molecular formula is C13H13N3O2. The van der Waals surface area contributed by atoms with Crippen molar-refractivity contribution in [3.8, 4) is 5.75 Å². The summed E-state index contributed by atoms with van der Waals surface area (Å²) < 4.78 is 5.30. The summed E-state index contributed by atoms with van der Waals surface area (Å²) in [7, 11) is 0. The fourth-order valence-corrected chi connectivity index (χ4v) is 1.41. The minimum absolute atomic E-state index is 0.246. The number of anilines is 1. The predicted molar refractivity (Wildman–Crippen MR) is 67.6 cm³/mol. The summed E-state index contributed by atoms with van der Waals surface area (Å²) in [6.45, 7) is 2.51. The molecule has 18 heavy (non-hydrogen) atoms. The molecule has 1 aromatic carbocycles. The summed E-state index contributed by atoms with van der Waals surface area (Å²) in [5.41, 5.74) is 0.533. The lowest BCUT2D eigenvalue weighted by molar-refractivity contribution is 0.102. The predicted octanol–water partition coefficient (Wildman–Crippen LogP) is 2.13. The normalized spacial score (nSPS) is 9.83. The minimum Gasteiger partial charge on any atom is -0.494 e. The topological polar surface area (TPSA) is 64.1 Å². The first-order valence-corrected chi connectivity index (χ1v) is 5.61. The number of hydrogen-bond donors (Lipinski definition) is 1. The smallest absolute Gasteiger partial charge is 0.258 e. The van der Waals surface area contributed by atoms with Crippen LogP contribution in [0.1, 0.15) is 17.3 Å². The SMILES string of the molecule is CCOc1ccc(C(=O)Nc2ncccn2)cc1. The van der Waals surface area contributed by atoms with Crippen LogP contribution >= 0.6 is 0 Å². The number of hydrogen-bond acceptors (Lipinski definition) is 4. The van der Waals surface area contributed by atoms with E-state index in [2.05, 4.69) is 15.3 Å². The summed E-state index contributed by atoms with van der Waals surface area (Å²) in [6.07, 6.45) is 3.14. The highest BCUT2D eigenvalue weighted by atomic mass is 16.5. The first kappa shape index (κ1) is 12.0. The molecule has 0 spiro atoms. The molecule has 0 aliphatic rings. The van der Waals surface area contributed by atoms with Gasteiger partial charge in [-0.2, -0.15) is 0 Å². The van der Waals surface area contributed by atoms with Gasteiger partial charge in [0.1, 0.15) is 5.75 Å². The van der Waals surface area contributed by atoms with Crippen molar-refractivity contribution in [2.24, 2.45) is 0 Å². The van der Waals surface area contributed by atoms with Gasteiger partial charge < -0.3 is 4.74 Å². The van der Waals surface area contributed by atoms with E-state index in [4.69, 9.17) is 4.74 Å². The number of rotatable bonds is 4. The van der Waals surface area contributed by atoms with E-state index >= 15 is 0 Å². The molecule has 2 aromatic rings. The maximum absolute atomic E-state index is 11.9. The molecule has 0 bridgehead atoms. The number of nitrogens with one attached hydrogen (secondary N) is 1. The third kappa shape index (κ3) is 3.04. The maximum Gasteiger partial charge on any atom is 0.258 e. The van der Waals surface area contributed by atoms with E-state index in [1.54, 1.807) is 42.7 Å². The standard InChI is InChI=1S/C13H13N3O2/c1-2-18-11-6-4-10(5-7-11)12(17)16-13-14-8-3-9-15-13/h3-9H,2H2,1H3,(H,14,15,16,17). The second kappa shape index (κ2) is 5.77. The van der Waals surface area contributed by atoms with Gasteiger partial charge in [-0.05, 0) is 37.3 Å². The van der Waals surface area contributed by atoms with Crippen LogP contribution in [0.5, 0.6) is 5.75 Å². The Morgan fingerprint density at radius 2 is 1.89 bits per heavy atom. The lowest BCUT2D eigenvalue weighted by Gasteiger charge is -2.05. The lowest BCUT2D eigenvalue weighted by Crippen LogP contribution is -2.13. The molecular weight excluding hydrogens is 230 g/mol. The van der Waals surface area contributed by atoms with Crippen LogP contribution in [-0.2, 0) is 0 Å². The fraction of sp³-hybridized carbons (Fsp3) is 0.154. The van der Waals surface area contributed by atoms with Gasteiger partial charge in [-0.1, -0.05) is 0 Å². The van der Waals surface area contributed by atoms with Crippen molar-refractivity contribution >= 4 is 11.9 Å². The van der Waals surface area contributed by atoms with Gasteiger partial charge in [0.25, 0.3) is 5.91 Å². The van der Waals surface area contributed by atoms with Crippen LogP contribution in [0.3, 0.4) is 0 Å². The van der Waals surface area contributed by atoms with Gasteiger partial charge in [0.2, 0.25) is 5.95 Å². The average molecular weight is 243 g/mol. The van der Waals surface area contributed by atoms with Gasteiger partial charge in [0, 0.05) is 18.0 Å². The molecule has 0 fully saturated rings. The van der Waals surface area contributed by atoms with Gasteiger partial charge in [-0.15, -0.1) is 0 Å². The summed E-state index contributed by atoms with van der Waals surface area (Å²) in [6, 6.07) is 8.59. The quantitative estimate of drug-likeness (QED) is 0.893. The van der Waals surface area contributed by atoms with Crippen molar-refractivity contribution in [3.63, 3.8) is 0 Å². The summed E-state index contributed by atoms with van der Waals surface area (Å²) in [5.74, 6) is 0.783. The Kier molecular flexibility index (Phi) is 3.86. The zero-order valence-corrected chi connectivity index (χ0v) is 9.96. The number of carbonyl (C=O) groups excluding carboxylic acids is 1. The van der Waals surface area contributed by atoms with Crippen LogP contribution in [0.4, 0.5) is 5.95 Å². The zero-order chi connectivity index (χ0) is 12.8. The Morgan fingerprint density at radius 1 is 1.22 bits per heavy atom. The summed E-state index contributed by atoms with van der Waals surface area (Å²) in [5, 5.41) is 2.61. The Hall–Kier alpha value is -2.43. The Bertz CT molecular complexity index is 512. The van der Waals surface area contributed by atoms with Crippen LogP contribution < -0.4 is 10.1 Å². The minimum atomic E-state index is -0.246. The van der Waals surface area contributed by atoms with E-state index < -0.39 is 0 Å². The number of carbonyl (C=O) groups is 1. The number of benzene rings is 1. The first-order chi connectivity index (χ1) is 8.79. The van der Waals surface area contributed by atoms with Crippen molar-refractivity contribution in [2.45, 2.75) is 6.92 Å². The Morgan fingerprint density at radius 3 is 2.50 bits per heavy atom. The van der Waals surface area contributed by atoms with Crippen molar-refractivity contribution in [1.82, 2.24) is 9.97 Å². The molecule has 1 aromatic heterocycles. The molecule has 1 amide bonds. The molecule has 0 saturated heterocycles. The molecule has 0 aliphatic carbocycles. The molecule has 1 heterocycles. The molecule has 0 atom stereocenters. The number of amides is 1. The van der Waals surface area contributed by atoms with Gasteiger partial charge in [0.05, 0.1) is 6.61 Å². The van der Waals surface area contributed by atoms with Crippen molar-refractivity contribution in [3.05, 3.63) is 48.3 Å². The first-order valence-electron chi connectivity index (χ1n) is 5.61. The highest BCUT2D eigenvalue weighted by Gasteiger charge is 2.07. The average Bonchev–Trinajstić information content (AvgIpc) is 2.41. The van der Waals surface area contributed by atoms with Crippen LogP contribution in [-0.4, -0.2) is 22.5 Å². The zero-order valence-electron chi connectivity index (χ0n) is 9.96. The van der Waals surface area contributed by atoms with Crippen molar-refractivity contribution in [2.75, 3.05) is 11.9 Å². The molecule has 0 radical (unpaired) electrons. The molecule has 0 unspecified atom stereocenters. The summed E-state index contributed by atoms with van der Waals surface area (Å²) >= 11 is 0. The van der Waals surface area contributed by atoms with Gasteiger partial charge in [-0.3, -0.25) is 10.1 Å². The molecule has 1 N–H and O–H groups in total. The second-order valence-electron chi connectivity index (χ2n) is 3.48. The molecule has 5 nitrogen and oxygen atoms in total. The monoisotopic (exact) mass is 243 g/mol. The third-order valence-corrected chi connectivity index (χ3v) is 2.22. The molecule has 2 rings (SSSR count). The Balaban J connectivity index is 2.05. The van der Waals surface area contributed by atoms with Crippen LogP contribution in [0.25, 0.3) is 0 Å². The highest BCUT2D eigenvalue weighted by molar-refractivity contribution is 6.03. The fourth-order valence-electron chi connectivity index (χ4n) is 1.41. The number of nitrogens with zero attached hydrogens (tertiary/aromatic N) is 2. The Labute approximate surface area is 105 Å². The lowest BCUT2D eigenvalue weighted by atomic mass is 10.2. The highest BCUT2D eigenvalue weighted by Crippen LogP contribution is 2.12. The van der Waals surface area contributed by atoms with Crippen LogP contribution in [0.15, 0.2) is 42.7 Å². The van der Waals surface area contributed by atoms with E-state index in [9.17, 15) is 4.79 Å². The molecule has 0 saturated carbocycles. The van der Waals surface area contributed by atoms with E-state index in [0.717, 1.165) is 5.75 Å². The molecule has 92 valence electrons. The summed E-state index contributed by atoms with van der Waals surface area (Å²) in [4.78, 5) is 19.7. The van der Waals surface area contributed by atoms with Gasteiger partial charge in [-0.25, -0.2) is 9.97 Å². The van der Waals surface area contributed by atoms with E-state index in [-0.39, 0.29) is 11.9 Å². The van der Waals surface area contributed by atoms with Crippen LogP contribution in [0.2, 0.25) is 0 Å². The maximum atomic E-state index is 11.9. The molecule has 0 aliphatic heterocycles. The third-order valence-electron chi connectivity index (χ3n) is 2.22. The van der Waals surface area contributed by atoms with Crippen molar-refractivity contribution < 1.29 is 9.53 Å². The van der Waals surface area contributed by atoms with Crippen LogP contribution in [0, 0.1) is 0 Å². The van der Waals surface area contributed by atoms with E-state index in [1.807, 2.05) is 6.92 Å². The van der Waals surface area contributed by atoms with Gasteiger partial charge >= 0.3 is 0 Å². The van der Waals surface area contributed by atoms with Gasteiger partial charge in [0.15, 0.2) is 0 Å². The molecule has 5 heteroatoms. The van der Waals surface area contributed by atoms with E-state index in [1.165, 1.54) is 0 Å². The van der Waals surface area contributed by atoms with Crippen molar-refractivity contribution in [1.29, 1.82) is 0 Å².